The second-order valence-electron chi connectivity index (χ2n) is 4.14. The molecule has 0 spiro atoms. The first kappa shape index (κ1) is 14.8. The average molecular weight is 310 g/mol. The highest BCUT2D eigenvalue weighted by atomic mass is 32.2. The van der Waals surface area contributed by atoms with Crippen molar-refractivity contribution in [1.82, 2.24) is 0 Å². The van der Waals surface area contributed by atoms with Crippen molar-refractivity contribution in [3.63, 3.8) is 0 Å². The maximum absolute atomic E-state index is 13.7. The Morgan fingerprint density at radius 2 is 1.86 bits per heavy atom. The van der Waals surface area contributed by atoms with Crippen LogP contribution in [0.5, 0.6) is 0 Å². The number of anilines is 2. The predicted octanol–water partition coefficient (Wildman–Crippen LogP) is 1.91. The van der Waals surface area contributed by atoms with Gasteiger partial charge < -0.3 is 10.8 Å². The van der Waals surface area contributed by atoms with Crippen LogP contribution in [0, 0.1) is 5.82 Å². The first-order valence-corrected chi connectivity index (χ1v) is 7.20. The average Bonchev–Trinajstić information content (AvgIpc) is 2.41. The van der Waals surface area contributed by atoms with Crippen molar-refractivity contribution in [2.24, 2.45) is 0 Å². The smallest absolute Gasteiger partial charge is 0.335 e. The summed E-state index contributed by atoms with van der Waals surface area (Å²) in [5, 5.41) is 8.84. The Balaban J connectivity index is 2.47. The van der Waals surface area contributed by atoms with Crippen molar-refractivity contribution in [1.29, 1.82) is 0 Å². The van der Waals surface area contributed by atoms with Crippen LogP contribution in [-0.2, 0) is 10.0 Å². The normalized spacial score (nSPS) is 11.1. The minimum atomic E-state index is -4.29. The SMILES string of the molecule is Nc1ccccc1NS(=O)(=O)c1cc(C(=O)O)ccc1F. The fourth-order valence-corrected chi connectivity index (χ4v) is 2.82. The van der Waals surface area contributed by atoms with Crippen molar-refractivity contribution < 1.29 is 22.7 Å². The molecule has 0 aliphatic heterocycles. The molecule has 110 valence electrons. The standard InChI is InChI=1S/C13H11FN2O4S/c14-9-6-5-8(13(17)18)7-12(9)21(19,20)16-11-4-2-1-3-10(11)15/h1-7,16H,15H2,(H,17,18). The summed E-state index contributed by atoms with van der Waals surface area (Å²) in [6.45, 7) is 0. The fraction of sp³-hybridized carbons (Fsp3) is 0. The number of rotatable bonds is 4. The summed E-state index contributed by atoms with van der Waals surface area (Å²) < 4.78 is 40.1. The summed E-state index contributed by atoms with van der Waals surface area (Å²) in [5.74, 6) is -2.41. The molecule has 0 heterocycles. The minimum Gasteiger partial charge on any atom is -0.478 e. The molecule has 0 amide bonds. The summed E-state index contributed by atoms with van der Waals surface area (Å²) in [7, 11) is -4.29. The molecule has 2 rings (SSSR count). The summed E-state index contributed by atoms with van der Waals surface area (Å²) in [5.41, 5.74) is 5.52. The molecule has 0 atom stereocenters. The van der Waals surface area contributed by atoms with E-state index in [0.29, 0.717) is 0 Å². The lowest BCUT2D eigenvalue weighted by molar-refractivity contribution is 0.0696. The van der Waals surface area contributed by atoms with E-state index in [0.717, 1.165) is 18.2 Å². The molecule has 0 saturated heterocycles. The van der Waals surface area contributed by atoms with Gasteiger partial charge in [0, 0.05) is 0 Å². The largest absolute Gasteiger partial charge is 0.478 e. The zero-order valence-corrected chi connectivity index (χ0v) is 11.4. The van der Waals surface area contributed by atoms with Gasteiger partial charge in [0.05, 0.1) is 16.9 Å². The number of nitrogens with two attached hydrogens (primary N) is 1. The number of aromatic carboxylic acids is 1. The van der Waals surface area contributed by atoms with Gasteiger partial charge in [-0.25, -0.2) is 17.6 Å². The number of carboxylic acid groups (broad SMARTS) is 1. The number of sulfonamides is 1. The van der Waals surface area contributed by atoms with Gasteiger partial charge in [-0.3, -0.25) is 4.72 Å². The number of halogens is 1. The van der Waals surface area contributed by atoms with Gasteiger partial charge in [-0.15, -0.1) is 0 Å². The zero-order valence-electron chi connectivity index (χ0n) is 10.6. The number of hydrogen-bond donors (Lipinski definition) is 3. The Morgan fingerprint density at radius 1 is 1.19 bits per heavy atom. The monoisotopic (exact) mass is 310 g/mol. The van der Waals surface area contributed by atoms with Crippen LogP contribution in [0.4, 0.5) is 15.8 Å². The molecular formula is C13H11FN2O4S. The van der Waals surface area contributed by atoms with E-state index in [1.807, 2.05) is 0 Å². The molecule has 0 aliphatic rings. The third-order valence-electron chi connectivity index (χ3n) is 2.67. The van der Waals surface area contributed by atoms with Gasteiger partial charge in [0.1, 0.15) is 10.7 Å². The number of hydrogen-bond acceptors (Lipinski definition) is 4. The Kier molecular flexibility index (Phi) is 3.81. The number of carboxylic acids is 1. The van der Waals surface area contributed by atoms with Gasteiger partial charge in [0.25, 0.3) is 10.0 Å². The summed E-state index contributed by atoms with van der Waals surface area (Å²) >= 11 is 0. The van der Waals surface area contributed by atoms with Crippen molar-refractivity contribution in [2.45, 2.75) is 4.90 Å². The van der Waals surface area contributed by atoms with E-state index in [1.54, 1.807) is 12.1 Å². The molecule has 0 radical (unpaired) electrons. The molecule has 2 aromatic rings. The highest BCUT2D eigenvalue weighted by Gasteiger charge is 2.21. The van der Waals surface area contributed by atoms with Crippen LogP contribution in [0.2, 0.25) is 0 Å². The molecule has 0 bridgehead atoms. The molecule has 0 unspecified atom stereocenters. The molecule has 0 fully saturated rings. The molecule has 0 aromatic heterocycles. The van der Waals surface area contributed by atoms with Gasteiger partial charge in [-0.05, 0) is 30.3 Å². The van der Waals surface area contributed by atoms with E-state index in [2.05, 4.69) is 4.72 Å². The Hall–Kier alpha value is -2.61. The van der Waals surface area contributed by atoms with Crippen LogP contribution in [0.25, 0.3) is 0 Å². The Morgan fingerprint density at radius 3 is 2.48 bits per heavy atom. The quantitative estimate of drug-likeness (QED) is 0.747. The van der Waals surface area contributed by atoms with Crippen LogP contribution < -0.4 is 10.5 Å². The van der Waals surface area contributed by atoms with Gasteiger partial charge >= 0.3 is 5.97 Å². The van der Waals surface area contributed by atoms with E-state index in [-0.39, 0.29) is 16.9 Å². The maximum Gasteiger partial charge on any atom is 0.335 e. The van der Waals surface area contributed by atoms with Gasteiger partial charge in [0.2, 0.25) is 0 Å². The van der Waals surface area contributed by atoms with Crippen molar-refractivity contribution in [3.05, 3.63) is 53.8 Å². The summed E-state index contributed by atoms with van der Waals surface area (Å²) in [6.07, 6.45) is 0. The Labute approximate surface area is 120 Å². The molecule has 4 N–H and O–H groups in total. The molecule has 6 nitrogen and oxygen atoms in total. The van der Waals surface area contributed by atoms with Gasteiger partial charge in [-0.2, -0.15) is 0 Å². The number of nitrogen functional groups attached to an aromatic ring is 1. The Bertz CT molecular complexity index is 806. The van der Waals surface area contributed by atoms with Crippen molar-refractivity contribution in [2.75, 3.05) is 10.5 Å². The first-order valence-electron chi connectivity index (χ1n) is 5.71. The minimum absolute atomic E-state index is 0.0811. The van der Waals surface area contributed by atoms with E-state index < -0.39 is 26.7 Å². The lowest BCUT2D eigenvalue weighted by Gasteiger charge is -2.11. The molecule has 0 saturated carbocycles. The van der Waals surface area contributed by atoms with E-state index in [9.17, 15) is 17.6 Å². The van der Waals surface area contributed by atoms with Crippen LogP contribution >= 0.6 is 0 Å². The van der Waals surface area contributed by atoms with E-state index in [1.165, 1.54) is 12.1 Å². The highest BCUT2D eigenvalue weighted by Crippen LogP contribution is 2.23. The molecule has 21 heavy (non-hydrogen) atoms. The molecule has 0 aliphatic carbocycles. The van der Waals surface area contributed by atoms with Gasteiger partial charge in [0.15, 0.2) is 0 Å². The first-order chi connectivity index (χ1) is 9.81. The molecule has 8 heteroatoms. The van der Waals surface area contributed by atoms with Crippen LogP contribution in [0.1, 0.15) is 10.4 Å². The van der Waals surface area contributed by atoms with Crippen molar-refractivity contribution >= 4 is 27.4 Å². The zero-order chi connectivity index (χ0) is 15.6. The van der Waals surface area contributed by atoms with Crippen LogP contribution in [0.15, 0.2) is 47.4 Å². The highest BCUT2D eigenvalue weighted by molar-refractivity contribution is 7.92. The third kappa shape index (κ3) is 3.11. The van der Waals surface area contributed by atoms with Crippen LogP contribution in [0.3, 0.4) is 0 Å². The van der Waals surface area contributed by atoms with E-state index in [4.69, 9.17) is 10.8 Å². The summed E-state index contributed by atoms with van der Waals surface area (Å²) in [6, 6.07) is 8.56. The second kappa shape index (κ2) is 5.41. The number of para-hydroxylation sites is 2. The third-order valence-corrected chi connectivity index (χ3v) is 4.05. The molecule has 2 aromatic carbocycles. The lowest BCUT2D eigenvalue weighted by Crippen LogP contribution is -2.16. The number of nitrogens with one attached hydrogen (secondary N) is 1. The fourth-order valence-electron chi connectivity index (χ4n) is 1.63. The lowest BCUT2D eigenvalue weighted by atomic mass is 10.2. The van der Waals surface area contributed by atoms with Crippen molar-refractivity contribution in [3.8, 4) is 0 Å². The number of carbonyl (C=O) groups is 1. The molecular weight excluding hydrogens is 299 g/mol. The number of benzene rings is 2. The second-order valence-corrected chi connectivity index (χ2v) is 5.79. The maximum atomic E-state index is 13.7. The summed E-state index contributed by atoms with van der Waals surface area (Å²) in [4.78, 5) is 10.1. The predicted molar refractivity (Wildman–Crippen MR) is 75.0 cm³/mol. The van der Waals surface area contributed by atoms with Gasteiger partial charge in [-0.1, -0.05) is 12.1 Å². The topological polar surface area (TPSA) is 109 Å². The van der Waals surface area contributed by atoms with Crippen LogP contribution in [-0.4, -0.2) is 19.5 Å². The van der Waals surface area contributed by atoms with E-state index >= 15 is 0 Å².